The number of anilines is 2. The minimum Gasteiger partial charge on any atom is -0.354 e. The highest BCUT2D eigenvalue weighted by atomic mass is 16.6. The maximum absolute atomic E-state index is 10.7. The van der Waals surface area contributed by atoms with Crippen molar-refractivity contribution in [1.82, 2.24) is 0 Å². The summed E-state index contributed by atoms with van der Waals surface area (Å²) in [4.78, 5) is 10.2. The number of hydrogen-bond acceptors (Lipinski definition) is 4. The second kappa shape index (κ2) is 5.41. The van der Waals surface area contributed by atoms with Crippen molar-refractivity contribution >= 4 is 17.1 Å². The van der Waals surface area contributed by atoms with E-state index in [1.54, 1.807) is 6.07 Å². The van der Waals surface area contributed by atoms with E-state index in [0.29, 0.717) is 5.69 Å². The van der Waals surface area contributed by atoms with E-state index in [9.17, 15) is 10.1 Å². The summed E-state index contributed by atoms with van der Waals surface area (Å²) in [6.07, 6.45) is 0. The summed E-state index contributed by atoms with van der Waals surface area (Å²) in [7, 11) is 0. The molecule has 20 heavy (non-hydrogen) atoms. The van der Waals surface area contributed by atoms with Gasteiger partial charge in [0.25, 0.3) is 5.69 Å². The Kier molecular flexibility index (Phi) is 3.67. The first-order chi connectivity index (χ1) is 9.52. The Bertz CT molecular complexity index is 718. The van der Waals surface area contributed by atoms with Crippen molar-refractivity contribution in [2.24, 2.45) is 0 Å². The second-order valence-electron chi connectivity index (χ2n) is 4.47. The molecule has 0 aliphatic rings. The van der Waals surface area contributed by atoms with Gasteiger partial charge >= 0.3 is 0 Å². The van der Waals surface area contributed by atoms with Crippen LogP contribution in [0.2, 0.25) is 0 Å². The molecule has 2 rings (SSSR count). The molecule has 1 N–H and O–H groups in total. The molecule has 2 aromatic rings. The van der Waals surface area contributed by atoms with E-state index in [4.69, 9.17) is 5.26 Å². The molecule has 0 fully saturated rings. The van der Waals surface area contributed by atoms with Gasteiger partial charge in [-0.05, 0) is 37.1 Å². The first kappa shape index (κ1) is 13.6. The quantitative estimate of drug-likeness (QED) is 0.677. The third-order valence-corrected chi connectivity index (χ3v) is 3.21. The van der Waals surface area contributed by atoms with Crippen molar-refractivity contribution in [3.8, 4) is 6.07 Å². The number of aryl methyl sites for hydroxylation is 1. The van der Waals surface area contributed by atoms with Crippen LogP contribution in [0.4, 0.5) is 17.1 Å². The van der Waals surface area contributed by atoms with Crippen LogP contribution in [-0.2, 0) is 0 Å². The molecule has 0 saturated heterocycles. The van der Waals surface area contributed by atoms with Gasteiger partial charge in [-0.3, -0.25) is 10.1 Å². The van der Waals surface area contributed by atoms with E-state index in [2.05, 4.69) is 5.32 Å². The molecule has 0 aliphatic carbocycles. The molecule has 0 heterocycles. The number of nitro groups is 1. The van der Waals surface area contributed by atoms with Crippen molar-refractivity contribution in [2.45, 2.75) is 13.8 Å². The fourth-order valence-corrected chi connectivity index (χ4v) is 1.88. The SMILES string of the molecule is Cc1cccc(Nc2ccc([N+](=O)[O-])cc2C#N)c1C. The van der Waals surface area contributed by atoms with E-state index in [0.717, 1.165) is 16.8 Å². The van der Waals surface area contributed by atoms with Crippen molar-refractivity contribution in [3.05, 3.63) is 63.2 Å². The van der Waals surface area contributed by atoms with Gasteiger partial charge in [0, 0.05) is 17.8 Å². The minimum atomic E-state index is -0.511. The Hall–Kier alpha value is -2.87. The van der Waals surface area contributed by atoms with E-state index >= 15 is 0 Å². The Morgan fingerprint density at radius 2 is 1.95 bits per heavy atom. The van der Waals surface area contributed by atoms with Crippen LogP contribution in [0.3, 0.4) is 0 Å². The normalized spacial score (nSPS) is 9.85. The molecule has 0 bridgehead atoms. The number of non-ortho nitro benzene ring substituents is 1. The molecule has 0 aliphatic heterocycles. The van der Waals surface area contributed by atoms with E-state index < -0.39 is 4.92 Å². The highest BCUT2D eigenvalue weighted by molar-refractivity contribution is 5.70. The third kappa shape index (κ3) is 2.59. The number of hydrogen-bond donors (Lipinski definition) is 1. The summed E-state index contributed by atoms with van der Waals surface area (Å²) in [5, 5.41) is 23.0. The number of nitriles is 1. The number of rotatable bonds is 3. The van der Waals surface area contributed by atoms with Crippen molar-refractivity contribution in [1.29, 1.82) is 5.26 Å². The fraction of sp³-hybridized carbons (Fsp3) is 0.133. The summed E-state index contributed by atoms with van der Waals surface area (Å²) < 4.78 is 0. The lowest BCUT2D eigenvalue weighted by molar-refractivity contribution is -0.384. The van der Waals surface area contributed by atoms with Crippen LogP contribution in [0.25, 0.3) is 0 Å². The first-order valence-electron chi connectivity index (χ1n) is 6.04. The lowest BCUT2D eigenvalue weighted by Gasteiger charge is -2.12. The number of nitrogens with zero attached hydrogens (tertiary/aromatic N) is 2. The van der Waals surface area contributed by atoms with Gasteiger partial charge in [0.2, 0.25) is 0 Å². The Balaban J connectivity index is 2.42. The van der Waals surface area contributed by atoms with Crippen LogP contribution in [0.1, 0.15) is 16.7 Å². The molecule has 0 saturated carbocycles. The molecule has 5 heteroatoms. The lowest BCUT2D eigenvalue weighted by Crippen LogP contribution is -1.98. The lowest BCUT2D eigenvalue weighted by atomic mass is 10.1. The zero-order chi connectivity index (χ0) is 14.7. The second-order valence-corrected chi connectivity index (χ2v) is 4.47. The number of nitrogens with one attached hydrogen (secondary N) is 1. The Labute approximate surface area is 116 Å². The molecular formula is C15H13N3O2. The van der Waals surface area contributed by atoms with E-state index in [1.807, 2.05) is 38.1 Å². The Morgan fingerprint density at radius 1 is 1.20 bits per heavy atom. The predicted molar refractivity (Wildman–Crippen MR) is 77.0 cm³/mol. The molecule has 0 amide bonds. The smallest absolute Gasteiger partial charge is 0.270 e. The zero-order valence-corrected chi connectivity index (χ0v) is 11.2. The standard InChI is InChI=1S/C15H13N3O2/c1-10-4-3-5-14(11(10)2)17-15-7-6-13(18(19)20)8-12(15)9-16/h3-8,17H,1-2H3. The maximum Gasteiger partial charge on any atom is 0.270 e. The van der Waals surface area contributed by atoms with Gasteiger partial charge in [-0.1, -0.05) is 12.1 Å². The number of benzene rings is 2. The largest absolute Gasteiger partial charge is 0.354 e. The summed E-state index contributed by atoms with van der Waals surface area (Å²) >= 11 is 0. The fourth-order valence-electron chi connectivity index (χ4n) is 1.88. The summed E-state index contributed by atoms with van der Waals surface area (Å²) in [6, 6.07) is 12.0. The van der Waals surface area contributed by atoms with Crippen molar-refractivity contribution in [3.63, 3.8) is 0 Å². The topological polar surface area (TPSA) is 79.0 Å². The van der Waals surface area contributed by atoms with Gasteiger partial charge < -0.3 is 5.32 Å². The van der Waals surface area contributed by atoms with Gasteiger partial charge in [-0.15, -0.1) is 0 Å². The highest BCUT2D eigenvalue weighted by Crippen LogP contribution is 2.27. The first-order valence-corrected chi connectivity index (χ1v) is 6.04. The van der Waals surface area contributed by atoms with Crippen molar-refractivity contribution < 1.29 is 4.92 Å². The maximum atomic E-state index is 10.7. The van der Waals surface area contributed by atoms with Gasteiger partial charge in [0.05, 0.1) is 16.2 Å². The predicted octanol–water partition coefficient (Wildman–Crippen LogP) is 3.83. The van der Waals surface area contributed by atoms with E-state index in [1.165, 1.54) is 12.1 Å². The monoisotopic (exact) mass is 267 g/mol. The summed E-state index contributed by atoms with van der Waals surface area (Å²) in [5.41, 5.74) is 3.82. The molecule has 0 unspecified atom stereocenters. The summed E-state index contributed by atoms with van der Waals surface area (Å²) in [5.74, 6) is 0. The van der Waals surface area contributed by atoms with Crippen LogP contribution in [0.5, 0.6) is 0 Å². The third-order valence-electron chi connectivity index (χ3n) is 3.21. The van der Waals surface area contributed by atoms with Crippen LogP contribution in [0, 0.1) is 35.3 Å². The summed E-state index contributed by atoms with van der Waals surface area (Å²) in [6.45, 7) is 3.98. The average Bonchev–Trinajstić information content (AvgIpc) is 2.44. The van der Waals surface area contributed by atoms with Crippen LogP contribution < -0.4 is 5.32 Å². The molecule has 0 radical (unpaired) electrons. The van der Waals surface area contributed by atoms with Crippen LogP contribution >= 0.6 is 0 Å². The minimum absolute atomic E-state index is 0.0898. The molecule has 5 nitrogen and oxygen atoms in total. The zero-order valence-electron chi connectivity index (χ0n) is 11.2. The molecule has 100 valence electrons. The van der Waals surface area contributed by atoms with Gasteiger partial charge in [0.1, 0.15) is 6.07 Å². The molecule has 2 aromatic carbocycles. The van der Waals surface area contributed by atoms with Gasteiger partial charge in [-0.2, -0.15) is 5.26 Å². The molecule has 0 spiro atoms. The molecular weight excluding hydrogens is 254 g/mol. The van der Waals surface area contributed by atoms with Gasteiger partial charge in [-0.25, -0.2) is 0 Å². The van der Waals surface area contributed by atoms with Crippen molar-refractivity contribution in [2.75, 3.05) is 5.32 Å². The average molecular weight is 267 g/mol. The molecule has 0 aromatic heterocycles. The van der Waals surface area contributed by atoms with Crippen LogP contribution in [-0.4, -0.2) is 4.92 Å². The molecule has 0 atom stereocenters. The van der Waals surface area contributed by atoms with E-state index in [-0.39, 0.29) is 11.3 Å². The Morgan fingerprint density at radius 3 is 2.60 bits per heavy atom. The number of nitro benzene ring substituents is 1. The van der Waals surface area contributed by atoms with Crippen LogP contribution in [0.15, 0.2) is 36.4 Å². The van der Waals surface area contributed by atoms with Gasteiger partial charge in [0.15, 0.2) is 0 Å². The highest BCUT2D eigenvalue weighted by Gasteiger charge is 2.11.